The third kappa shape index (κ3) is 1.24. The van der Waals surface area contributed by atoms with Gasteiger partial charge in [-0.25, -0.2) is 0 Å². The predicted molar refractivity (Wildman–Crippen MR) is 47.8 cm³/mol. The minimum Gasteiger partial charge on any atom is -0.149 e. The molecular weight excluding hydrogens is 140 g/mol. The quantitative estimate of drug-likeness (QED) is 0.613. The second-order valence-corrected chi connectivity index (χ2v) is 3.59. The predicted octanol–water partition coefficient (Wildman–Crippen LogP) is 3.18. The second kappa shape index (κ2) is 3.20. The Morgan fingerprint density at radius 1 is 1.30 bits per heavy atom. The van der Waals surface area contributed by atoms with Crippen LogP contribution in [0.15, 0.2) is 5.38 Å². The molecule has 0 radical (unpaired) electrons. The third-order valence-corrected chi connectivity index (χ3v) is 2.93. The maximum Gasteiger partial charge on any atom is 0.00489 e. The van der Waals surface area contributed by atoms with Crippen molar-refractivity contribution in [1.29, 1.82) is 0 Å². The first-order valence-corrected chi connectivity index (χ1v) is 4.73. The van der Waals surface area contributed by atoms with Gasteiger partial charge in [-0.15, -0.1) is 11.3 Å². The molecule has 0 aliphatic rings. The SMILES string of the molecule is CCc1csc(C)c1CC. The molecule has 0 aliphatic carbocycles. The zero-order valence-corrected chi connectivity index (χ0v) is 7.72. The van der Waals surface area contributed by atoms with Crippen LogP contribution in [0, 0.1) is 6.92 Å². The van der Waals surface area contributed by atoms with Gasteiger partial charge < -0.3 is 0 Å². The van der Waals surface area contributed by atoms with E-state index < -0.39 is 0 Å². The van der Waals surface area contributed by atoms with Crippen LogP contribution in [-0.2, 0) is 12.8 Å². The molecule has 1 rings (SSSR count). The van der Waals surface area contributed by atoms with Crippen LogP contribution in [0.2, 0.25) is 0 Å². The summed E-state index contributed by atoms with van der Waals surface area (Å²) in [7, 11) is 0. The molecule has 0 fully saturated rings. The van der Waals surface area contributed by atoms with E-state index in [0.717, 1.165) is 0 Å². The molecule has 0 bridgehead atoms. The average molecular weight is 154 g/mol. The van der Waals surface area contributed by atoms with Crippen molar-refractivity contribution in [3.63, 3.8) is 0 Å². The minimum atomic E-state index is 1.19. The van der Waals surface area contributed by atoms with Gasteiger partial charge in [-0.3, -0.25) is 0 Å². The zero-order valence-electron chi connectivity index (χ0n) is 6.90. The van der Waals surface area contributed by atoms with Gasteiger partial charge in [-0.2, -0.15) is 0 Å². The Kier molecular flexibility index (Phi) is 2.50. The highest BCUT2D eigenvalue weighted by atomic mass is 32.1. The van der Waals surface area contributed by atoms with Crippen LogP contribution >= 0.6 is 11.3 Å². The van der Waals surface area contributed by atoms with E-state index in [1.807, 2.05) is 11.3 Å². The fourth-order valence-corrected chi connectivity index (χ4v) is 2.35. The summed E-state index contributed by atoms with van der Waals surface area (Å²) in [6, 6.07) is 0. The minimum absolute atomic E-state index is 1.19. The lowest BCUT2D eigenvalue weighted by Gasteiger charge is -1.97. The van der Waals surface area contributed by atoms with Crippen molar-refractivity contribution in [2.24, 2.45) is 0 Å². The van der Waals surface area contributed by atoms with Crippen molar-refractivity contribution in [1.82, 2.24) is 0 Å². The second-order valence-electron chi connectivity index (χ2n) is 2.50. The van der Waals surface area contributed by atoms with Crippen LogP contribution in [0.25, 0.3) is 0 Å². The van der Waals surface area contributed by atoms with Crippen LogP contribution < -0.4 is 0 Å². The summed E-state index contributed by atoms with van der Waals surface area (Å²) in [6.45, 7) is 6.66. The molecule has 0 unspecified atom stereocenters. The van der Waals surface area contributed by atoms with Gasteiger partial charge in [-0.1, -0.05) is 13.8 Å². The highest BCUT2D eigenvalue weighted by Gasteiger charge is 2.02. The number of hydrogen-bond donors (Lipinski definition) is 0. The summed E-state index contributed by atoms with van der Waals surface area (Å²) in [5, 5.41) is 2.29. The Labute approximate surface area is 66.9 Å². The lowest BCUT2D eigenvalue weighted by Crippen LogP contribution is -1.85. The van der Waals surface area contributed by atoms with E-state index in [-0.39, 0.29) is 0 Å². The van der Waals surface area contributed by atoms with Gasteiger partial charge in [0.1, 0.15) is 0 Å². The van der Waals surface area contributed by atoms with Gasteiger partial charge in [0.25, 0.3) is 0 Å². The highest BCUT2D eigenvalue weighted by Crippen LogP contribution is 2.22. The summed E-state index contributed by atoms with van der Waals surface area (Å²) >= 11 is 1.88. The van der Waals surface area contributed by atoms with Crippen molar-refractivity contribution in [3.05, 3.63) is 21.4 Å². The molecule has 0 aliphatic heterocycles. The van der Waals surface area contributed by atoms with Gasteiger partial charge >= 0.3 is 0 Å². The first-order valence-electron chi connectivity index (χ1n) is 3.85. The molecule has 0 N–H and O–H groups in total. The summed E-state index contributed by atoms with van der Waals surface area (Å²) in [5.74, 6) is 0. The van der Waals surface area contributed by atoms with E-state index in [1.165, 1.54) is 17.7 Å². The fraction of sp³-hybridized carbons (Fsp3) is 0.556. The maximum atomic E-state index is 2.29. The van der Waals surface area contributed by atoms with Crippen LogP contribution in [0.1, 0.15) is 29.9 Å². The molecule has 0 saturated heterocycles. The lowest BCUT2D eigenvalue weighted by atomic mass is 10.1. The summed E-state index contributed by atoms with van der Waals surface area (Å²) < 4.78 is 0. The largest absolute Gasteiger partial charge is 0.149 e. The maximum absolute atomic E-state index is 2.29. The number of thiophene rings is 1. The Morgan fingerprint density at radius 3 is 2.40 bits per heavy atom. The first-order chi connectivity index (χ1) is 4.79. The van der Waals surface area contributed by atoms with E-state index in [2.05, 4.69) is 26.2 Å². The Hall–Kier alpha value is -0.300. The summed E-state index contributed by atoms with van der Waals surface area (Å²) in [6.07, 6.45) is 2.38. The number of hydrogen-bond acceptors (Lipinski definition) is 1. The molecular formula is C9H14S. The molecule has 56 valence electrons. The molecule has 0 amide bonds. The van der Waals surface area contributed by atoms with Crippen molar-refractivity contribution < 1.29 is 0 Å². The number of rotatable bonds is 2. The third-order valence-electron chi connectivity index (χ3n) is 1.93. The van der Waals surface area contributed by atoms with Crippen LogP contribution in [0.4, 0.5) is 0 Å². The molecule has 1 aromatic heterocycles. The van der Waals surface area contributed by atoms with E-state index in [9.17, 15) is 0 Å². The van der Waals surface area contributed by atoms with Crippen LogP contribution in [-0.4, -0.2) is 0 Å². The van der Waals surface area contributed by atoms with Crippen molar-refractivity contribution in [2.75, 3.05) is 0 Å². The molecule has 0 nitrogen and oxygen atoms in total. The molecule has 1 heteroatoms. The highest BCUT2D eigenvalue weighted by molar-refractivity contribution is 7.10. The number of aryl methyl sites for hydroxylation is 2. The molecule has 1 heterocycles. The molecule has 0 aromatic carbocycles. The van der Waals surface area contributed by atoms with Gasteiger partial charge in [0.15, 0.2) is 0 Å². The van der Waals surface area contributed by atoms with Gasteiger partial charge in [0.05, 0.1) is 0 Å². The Bertz CT molecular complexity index is 211. The summed E-state index contributed by atoms with van der Waals surface area (Å²) in [4.78, 5) is 1.50. The van der Waals surface area contributed by atoms with Crippen molar-refractivity contribution in [2.45, 2.75) is 33.6 Å². The average Bonchev–Trinajstić information content (AvgIpc) is 2.30. The van der Waals surface area contributed by atoms with E-state index in [4.69, 9.17) is 0 Å². The van der Waals surface area contributed by atoms with E-state index in [1.54, 1.807) is 11.1 Å². The van der Waals surface area contributed by atoms with Crippen LogP contribution in [0.5, 0.6) is 0 Å². The standard InChI is InChI=1S/C9H14S/c1-4-8-6-10-7(3)9(8)5-2/h6H,4-5H2,1-3H3. The lowest BCUT2D eigenvalue weighted by molar-refractivity contribution is 1.04. The smallest absolute Gasteiger partial charge is 0.00489 e. The molecule has 1 aromatic rings. The molecule has 0 saturated carbocycles. The zero-order chi connectivity index (χ0) is 7.56. The van der Waals surface area contributed by atoms with Crippen LogP contribution in [0.3, 0.4) is 0 Å². The molecule has 10 heavy (non-hydrogen) atoms. The van der Waals surface area contributed by atoms with Gasteiger partial charge in [0.2, 0.25) is 0 Å². The molecule has 0 spiro atoms. The monoisotopic (exact) mass is 154 g/mol. The topological polar surface area (TPSA) is 0 Å². The normalized spacial score (nSPS) is 10.3. The first kappa shape index (κ1) is 7.80. The van der Waals surface area contributed by atoms with Crippen molar-refractivity contribution >= 4 is 11.3 Å². The van der Waals surface area contributed by atoms with E-state index in [0.29, 0.717) is 0 Å². The molecule has 0 atom stereocenters. The van der Waals surface area contributed by atoms with Gasteiger partial charge in [-0.05, 0) is 36.3 Å². The Balaban J connectivity index is 3.01. The Morgan fingerprint density at radius 2 is 2.00 bits per heavy atom. The fourth-order valence-electron chi connectivity index (χ4n) is 1.30. The van der Waals surface area contributed by atoms with Crippen molar-refractivity contribution in [3.8, 4) is 0 Å². The van der Waals surface area contributed by atoms with Gasteiger partial charge in [0, 0.05) is 4.88 Å². The van der Waals surface area contributed by atoms with E-state index >= 15 is 0 Å². The summed E-state index contributed by atoms with van der Waals surface area (Å²) in [5.41, 5.74) is 3.12.